The Labute approximate surface area is 169 Å². The van der Waals surface area contributed by atoms with Gasteiger partial charge in [0.05, 0.1) is 19.2 Å². The summed E-state index contributed by atoms with van der Waals surface area (Å²) in [5.41, 5.74) is 1.90. The molecular formula is C21H22Cl2N2O2. The number of likely N-dealkylation sites (tertiary alicyclic amines) is 1. The van der Waals surface area contributed by atoms with Gasteiger partial charge >= 0.3 is 6.03 Å². The van der Waals surface area contributed by atoms with Crippen molar-refractivity contribution in [3.05, 3.63) is 69.7 Å². The summed E-state index contributed by atoms with van der Waals surface area (Å²) in [6.45, 7) is 1.96. The fourth-order valence-electron chi connectivity index (χ4n) is 3.20. The van der Waals surface area contributed by atoms with Gasteiger partial charge in [0.25, 0.3) is 0 Å². The van der Waals surface area contributed by atoms with Gasteiger partial charge in [-0.25, -0.2) is 4.79 Å². The molecule has 0 spiro atoms. The maximum atomic E-state index is 12.1. The largest absolute Gasteiger partial charge is 0.362 e. The second kappa shape index (κ2) is 8.09. The molecule has 2 aromatic rings. The smallest absolute Gasteiger partial charge is 0.317 e. The van der Waals surface area contributed by atoms with E-state index >= 15 is 0 Å². The summed E-state index contributed by atoms with van der Waals surface area (Å²) in [6, 6.07) is 15.3. The Morgan fingerprint density at radius 2 is 1.81 bits per heavy atom. The molecule has 0 bridgehead atoms. The van der Waals surface area contributed by atoms with Crippen molar-refractivity contribution in [3.63, 3.8) is 0 Å². The number of hydrogen-bond acceptors (Lipinski definition) is 2. The monoisotopic (exact) mass is 404 g/mol. The minimum atomic E-state index is -0.294. The van der Waals surface area contributed by atoms with Crippen molar-refractivity contribution in [2.45, 2.75) is 25.0 Å². The molecule has 2 aliphatic rings. The quantitative estimate of drug-likeness (QED) is 0.743. The lowest BCUT2D eigenvalue weighted by Crippen LogP contribution is -2.58. The molecule has 1 unspecified atom stereocenters. The third kappa shape index (κ3) is 4.57. The van der Waals surface area contributed by atoms with Crippen LogP contribution >= 0.6 is 23.2 Å². The van der Waals surface area contributed by atoms with E-state index in [-0.39, 0.29) is 18.2 Å². The van der Waals surface area contributed by atoms with Crippen molar-refractivity contribution >= 4 is 29.2 Å². The summed E-state index contributed by atoms with van der Waals surface area (Å²) in [6.07, 6.45) is 2.14. The van der Waals surface area contributed by atoms with Crippen LogP contribution in [0.4, 0.5) is 4.79 Å². The van der Waals surface area contributed by atoms with Crippen molar-refractivity contribution in [2.24, 2.45) is 5.92 Å². The molecular weight excluding hydrogens is 383 g/mol. The zero-order valence-corrected chi connectivity index (χ0v) is 16.4. The highest BCUT2D eigenvalue weighted by molar-refractivity contribution is 6.31. The Bertz CT molecular complexity index is 802. The van der Waals surface area contributed by atoms with Gasteiger partial charge < -0.3 is 15.0 Å². The first-order chi connectivity index (χ1) is 13.1. The molecule has 1 saturated heterocycles. The predicted octanol–water partition coefficient (Wildman–Crippen LogP) is 4.90. The molecule has 1 N–H and O–H groups in total. The highest BCUT2D eigenvalue weighted by atomic mass is 35.5. The molecule has 1 saturated carbocycles. The van der Waals surface area contributed by atoms with E-state index in [1.807, 2.05) is 48.5 Å². The molecule has 1 aliphatic heterocycles. The van der Waals surface area contributed by atoms with E-state index in [0.717, 1.165) is 17.7 Å². The van der Waals surface area contributed by atoms with Crippen molar-refractivity contribution in [1.82, 2.24) is 10.2 Å². The number of carbonyl (C=O) groups excluding carboxylic acids is 1. The van der Waals surface area contributed by atoms with Crippen molar-refractivity contribution < 1.29 is 9.53 Å². The van der Waals surface area contributed by atoms with Crippen LogP contribution in [0.5, 0.6) is 0 Å². The van der Waals surface area contributed by atoms with E-state index in [1.54, 1.807) is 4.90 Å². The number of carbonyl (C=O) groups is 1. The van der Waals surface area contributed by atoms with E-state index in [2.05, 4.69) is 5.32 Å². The third-order valence-corrected chi connectivity index (χ3v) is 5.66. The topological polar surface area (TPSA) is 41.6 Å². The van der Waals surface area contributed by atoms with Gasteiger partial charge in [-0.05, 0) is 42.5 Å². The van der Waals surface area contributed by atoms with Crippen LogP contribution in [0.1, 0.15) is 30.1 Å². The highest BCUT2D eigenvalue weighted by Crippen LogP contribution is 2.34. The van der Waals surface area contributed by atoms with E-state index in [9.17, 15) is 4.79 Å². The predicted molar refractivity (Wildman–Crippen MR) is 107 cm³/mol. The van der Waals surface area contributed by atoms with Crippen LogP contribution in [0.2, 0.25) is 10.0 Å². The van der Waals surface area contributed by atoms with Crippen LogP contribution in [0.15, 0.2) is 48.5 Å². The molecule has 1 atom stereocenters. The number of amides is 2. The summed E-state index contributed by atoms with van der Waals surface area (Å²) in [7, 11) is 0. The zero-order chi connectivity index (χ0) is 18.8. The lowest BCUT2D eigenvalue weighted by atomic mass is 10.0. The first-order valence-electron chi connectivity index (χ1n) is 9.28. The average molecular weight is 405 g/mol. The van der Waals surface area contributed by atoms with E-state index in [4.69, 9.17) is 27.9 Å². The summed E-state index contributed by atoms with van der Waals surface area (Å²) in [5.74, 6) is 0.678. The number of rotatable bonds is 6. The average Bonchev–Trinajstić information content (AvgIpc) is 3.45. The molecule has 0 aromatic heterocycles. The number of nitrogens with zero attached hydrogens (tertiary/aromatic N) is 1. The van der Waals surface area contributed by atoms with Crippen molar-refractivity contribution in [3.8, 4) is 0 Å². The van der Waals surface area contributed by atoms with E-state index < -0.39 is 0 Å². The van der Waals surface area contributed by atoms with Crippen LogP contribution in [0, 0.1) is 5.92 Å². The molecule has 4 rings (SSSR count). The SMILES string of the molecule is O=C(NCC1CC1)N1CC(OC(c2ccc(Cl)cc2)c2ccccc2Cl)C1. The maximum Gasteiger partial charge on any atom is 0.317 e. The molecule has 2 aromatic carbocycles. The molecule has 4 nitrogen and oxygen atoms in total. The second-order valence-electron chi connectivity index (χ2n) is 7.25. The number of benzene rings is 2. The van der Waals surface area contributed by atoms with Crippen LogP contribution in [-0.4, -0.2) is 36.7 Å². The van der Waals surface area contributed by atoms with Crippen molar-refractivity contribution in [1.29, 1.82) is 0 Å². The summed E-state index contributed by atoms with van der Waals surface area (Å²) < 4.78 is 6.35. The van der Waals surface area contributed by atoms with E-state index in [1.165, 1.54) is 12.8 Å². The number of hydrogen-bond donors (Lipinski definition) is 1. The maximum absolute atomic E-state index is 12.1. The number of halogens is 2. The molecule has 1 heterocycles. The van der Waals surface area contributed by atoms with Gasteiger partial charge in [0.2, 0.25) is 0 Å². The fourth-order valence-corrected chi connectivity index (χ4v) is 3.57. The normalized spacial score (nSPS) is 18.1. The molecule has 0 radical (unpaired) electrons. The van der Waals surface area contributed by atoms with Crippen LogP contribution < -0.4 is 5.32 Å². The first kappa shape index (κ1) is 18.6. The Kier molecular flexibility index (Phi) is 5.58. The van der Waals surface area contributed by atoms with Gasteiger partial charge in [-0.3, -0.25) is 0 Å². The first-order valence-corrected chi connectivity index (χ1v) is 10.0. The Morgan fingerprint density at radius 3 is 2.48 bits per heavy atom. The van der Waals surface area contributed by atoms with Crippen LogP contribution in [0.25, 0.3) is 0 Å². The Hall–Kier alpha value is -1.75. The third-order valence-electron chi connectivity index (χ3n) is 5.06. The summed E-state index contributed by atoms with van der Waals surface area (Å²) in [4.78, 5) is 13.9. The molecule has 1 aliphatic carbocycles. The minimum Gasteiger partial charge on any atom is -0.362 e. The zero-order valence-electron chi connectivity index (χ0n) is 14.9. The molecule has 2 amide bonds. The molecule has 142 valence electrons. The summed E-state index contributed by atoms with van der Waals surface area (Å²) in [5, 5.41) is 4.34. The standard InChI is InChI=1S/C21H22Cl2N2O2/c22-16-9-7-15(8-10-16)20(18-3-1-2-4-19(18)23)27-17-12-25(13-17)21(26)24-11-14-5-6-14/h1-4,7-10,14,17,20H,5-6,11-13H2,(H,24,26). The van der Waals surface area contributed by atoms with Crippen LogP contribution in [-0.2, 0) is 4.74 Å². The second-order valence-corrected chi connectivity index (χ2v) is 8.09. The van der Waals surface area contributed by atoms with E-state index in [0.29, 0.717) is 29.1 Å². The number of nitrogens with one attached hydrogen (secondary N) is 1. The molecule has 27 heavy (non-hydrogen) atoms. The van der Waals surface area contributed by atoms with Gasteiger partial charge in [-0.15, -0.1) is 0 Å². The van der Waals surface area contributed by atoms with Crippen molar-refractivity contribution in [2.75, 3.05) is 19.6 Å². The number of urea groups is 1. The van der Waals surface area contributed by atoms with Gasteiger partial charge in [0.15, 0.2) is 0 Å². The Morgan fingerprint density at radius 1 is 1.11 bits per heavy atom. The van der Waals surface area contributed by atoms with Gasteiger partial charge in [-0.1, -0.05) is 53.5 Å². The fraction of sp³-hybridized carbons (Fsp3) is 0.381. The van der Waals surface area contributed by atoms with Gasteiger partial charge in [0.1, 0.15) is 6.10 Å². The molecule has 2 fully saturated rings. The van der Waals surface area contributed by atoms with Gasteiger partial charge in [-0.2, -0.15) is 0 Å². The van der Waals surface area contributed by atoms with Crippen LogP contribution in [0.3, 0.4) is 0 Å². The highest BCUT2D eigenvalue weighted by Gasteiger charge is 2.35. The lowest BCUT2D eigenvalue weighted by Gasteiger charge is -2.40. The Balaban J connectivity index is 1.42. The number of ether oxygens (including phenoxy) is 1. The molecule has 6 heteroatoms. The van der Waals surface area contributed by atoms with Gasteiger partial charge in [0, 0.05) is 22.2 Å². The lowest BCUT2D eigenvalue weighted by molar-refractivity contribution is -0.0645. The summed E-state index contributed by atoms with van der Waals surface area (Å²) >= 11 is 12.5. The minimum absolute atomic E-state index is 0.00235.